The van der Waals surface area contributed by atoms with E-state index >= 15 is 0 Å². The van der Waals surface area contributed by atoms with E-state index in [2.05, 4.69) is 48.5 Å². The van der Waals surface area contributed by atoms with Crippen LogP contribution in [0.5, 0.6) is 0 Å². The first kappa shape index (κ1) is 38.5. The van der Waals surface area contributed by atoms with Gasteiger partial charge in [-0.25, -0.2) is 0 Å². The lowest BCUT2D eigenvalue weighted by molar-refractivity contribution is -0.144. The predicted octanol–water partition coefficient (Wildman–Crippen LogP) is 7.55. The molecular formula is C38H70O8. The molecule has 4 rings (SSSR count). The lowest BCUT2D eigenvalue weighted by Gasteiger charge is -2.40. The molecule has 8 nitrogen and oxygen atoms in total. The van der Waals surface area contributed by atoms with Gasteiger partial charge < -0.3 is 38.3 Å². The molecule has 0 aromatic rings. The van der Waals surface area contributed by atoms with Gasteiger partial charge in [0.15, 0.2) is 0 Å². The Morgan fingerprint density at radius 2 is 1.20 bits per heavy atom. The molecule has 4 fully saturated rings. The molecular weight excluding hydrogens is 584 g/mol. The summed E-state index contributed by atoms with van der Waals surface area (Å²) in [6.07, 6.45) is 15.9. The molecule has 0 amide bonds. The van der Waals surface area contributed by atoms with Crippen molar-refractivity contribution in [2.75, 3.05) is 39.6 Å². The highest BCUT2D eigenvalue weighted by atomic mass is 16.6. The van der Waals surface area contributed by atoms with Crippen LogP contribution in [0.4, 0.5) is 0 Å². The first-order valence-corrected chi connectivity index (χ1v) is 19.2. The third-order valence-corrected chi connectivity index (χ3v) is 11.9. The molecule has 3 aliphatic heterocycles. The van der Waals surface area contributed by atoms with E-state index in [0.717, 1.165) is 116 Å². The van der Waals surface area contributed by atoms with Crippen molar-refractivity contribution in [1.29, 1.82) is 0 Å². The van der Waals surface area contributed by atoms with Gasteiger partial charge in [0.2, 0.25) is 0 Å². The minimum Gasteiger partial charge on any atom is -0.396 e. The lowest BCUT2D eigenvalue weighted by atomic mass is 9.84. The quantitative estimate of drug-likeness (QED) is 0.0653. The van der Waals surface area contributed by atoms with Gasteiger partial charge in [0.25, 0.3) is 0 Å². The number of hydrogen-bond donors (Lipinski definition) is 1. The zero-order valence-corrected chi connectivity index (χ0v) is 30.6. The molecule has 1 N–H and O–H groups in total. The zero-order valence-electron chi connectivity index (χ0n) is 30.6. The Hall–Kier alpha value is -0.320. The van der Waals surface area contributed by atoms with Crippen LogP contribution in [-0.2, 0) is 33.2 Å². The summed E-state index contributed by atoms with van der Waals surface area (Å²) < 4.78 is 43.9. The number of aliphatic hydroxyl groups is 1. The SMILES string of the molecule is CCC(CCCCC(CC)(CCOC(CC)(CC)CC1CO1)OC1CC1CO)(CC(C)OC(CC)(CC)CC1CO1)OCC1CO1. The van der Waals surface area contributed by atoms with E-state index in [1.165, 1.54) is 0 Å². The molecule has 0 bridgehead atoms. The van der Waals surface area contributed by atoms with E-state index in [4.69, 9.17) is 33.2 Å². The van der Waals surface area contributed by atoms with Gasteiger partial charge in [-0.15, -0.1) is 0 Å². The number of unbranched alkanes of at least 4 members (excludes halogenated alkanes) is 1. The summed E-state index contributed by atoms with van der Waals surface area (Å²) in [7, 11) is 0. The molecule has 46 heavy (non-hydrogen) atoms. The molecule has 4 aliphatic rings. The highest BCUT2D eigenvalue weighted by molar-refractivity contribution is 4.94. The molecule has 0 spiro atoms. The van der Waals surface area contributed by atoms with E-state index in [0.29, 0.717) is 25.4 Å². The molecule has 1 aliphatic carbocycles. The Labute approximate surface area is 281 Å². The summed E-state index contributed by atoms with van der Waals surface area (Å²) in [5.41, 5.74) is -0.722. The summed E-state index contributed by atoms with van der Waals surface area (Å²) in [6, 6.07) is 0. The van der Waals surface area contributed by atoms with Crippen molar-refractivity contribution in [3.63, 3.8) is 0 Å². The van der Waals surface area contributed by atoms with Crippen molar-refractivity contribution in [3.8, 4) is 0 Å². The Balaban J connectivity index is 1.36. The Bertz CT molecular complexity index is 865. The van der Waals surface area contributed by atoms with E-state index in [9.17, 15) is 5.11 Å². The Kier molecular flexibility index (Phi) is 14.7. The van der Waals surface area contributed by atoms with Crippen LogP contribution in [0.3, 0.4) is 0 Å². The predicted molar refractivity (Wildman–Crippen MR) is 181 cm³/mol. The fourth-order valence-electron chi connectivity index (χ4n) is 7.74. The molecule has 0 aromatic carbocycles. The van der Waals surface area contributed by atoms with Gasteiger partial charge in [-0.2, -0.15) is 0 Å². The van der Waals surface area contributed by atoms with Crippen molar-refractivity contribution in [2.24, 2.45) is 5.92 Å². The normalized spacial score (nSPS) is 28.8. The molecule has 3 heterocycles. The first-order valence-electron chi connectivity index (χ1n) is 19.2. The lowest BCUT2D eigenvalue weighted by Crippen LogP contribution is -2.42. The van der Waals surface area contributed by atoms with Crippen LogP contribution in [0.2, 0.25) is 0 Å². The monoisotopic (exact) mass is 655 g/mol. The van der Waals surface area contributed by atoms with Crippen LogP contribution in [-0.4, -0.2) is 97.7 Å². The van der Waals surface area contributed by atoms with E-state index in [1.807, 2.05) is 0 Å². The van der Waals surface area contributed by atoms with Crippen LogP contribution >= 0.6 is 0 Å². The van der Waals surface area contributed by atoms with Gasteiger partial charge in [-0.05, 0) is 71.1 Å². The van der Waals surface area contributed by atoms with Gasteiger partial charge in [0, 0.05) is 31.8 Å². The van der Waals surface area contributed by atoms with Gasteiger partial charge >= 0.3 is 0 Å². The van der Waals surface area contributed by atoms with E-state index < -0.39 is 0 Å². The minimum absolute atomic E-state index is 0.0951. The van der Waals surface area contributed by atoms with Gasteiger partial charge in [0.05, 0.1) is 79.9 Å². The molecule has 8 unspecified atom stereocenters. The van der Waals surface area contributed by atoms with Crippen LogP contribution in [0.15, 0.2) is 0 Å². The minimum atomic E-state index is -0.237. The average molecular weight is 655 g/mol. The fraction of sp³-hybridized carbons (Fsp3) is 1.00. The molecule has 8 heteroatoms. The Morgan fingerprint density at radius 1 is 0.674 bits per heavy atom. The maximum Gasteiger partial charge on any atom is 0.104 e. The van der Waals surface area contributed by atoms with E-state index in [1.54, 1.807) is 0 Å². The average Bonchev–Trinajstić information content (AvgIpc) is 3.87. The Morgan fingerprint density at radius 3 is 1.67 bits per heavy atom. The van der Waals surface area contributed by atoms with Crippen LogP contribution < -0.4 is 0 Å². The van der Waals surface area contributed by atoms with Crippen LogP contribution in [0.1, 0.15) is 145 Å². The van der Waals surface area contributed by atoms with Crippen molar-refractivity contribution >= 4 is 0 Å². The molecule has 0 radical (unpaired) electrons. The molecule has 8 atom stereocenters. The van der Waals surface area contributed by atoms with Gasteiger partial charge in [0.1, 0.15) is 6.10 Å². The summed E-state index contributed by atoms with van der Waals surface area (Å²) in [5.74, 6) is 0.279. The fourth-order valence-corrected chi connectivity index (χ4v) is 7.74. The standard InChI is InChI=1S/C38H70O8/c1-8-35(9-2,22-31-25-40-31)43-19-18-37(12-5,46-34-20-30(34)24-39)16-14-15-17-38(13-6,44-28-33-27-42-33)21-29(7)45-36(10-3,11-4)23-32-26-41-32/h29-34,39H,8-28H2,1-7H3. The van der Waals surface area contributed by atoms with Crippen molar-refractivity contribution < 1.29 is 38.3 Å². The summed E-state index contributed by atoms with van der Waals surface area (Å²) >= 11 is 0. The maximum absolute atomic E-state index is 9.77. The van der Waals surface area contributed by atoms with Crippen molar-refractivity contribution in [2.45, 2.75) is 198 Å². The molecule has 0 aromatic heterocycles. The second-order valence-electron chi connectivity index (χ2n) is 15.2. The third-order valence-electron chi connectivity index (χ3n) is 11.9. The third kappa shape index (κ3) is 11.6. The smallest absolute Gasteiger partial charge is 0.104 e. The topological polar surface area (TPSA) is 94.7 Å². The number of epoxide rings is 3. The van der Waals surface area contributed by atoms with Gasteiger partial charge in [-0.1, -0.05) is 54.4 Å². The van der Waals surface area contributed by atoms with Crippen molar-refractivity contribution in [1.82, 2.24) is 0 Å². The van der Waals surface area contributed by atoms with E-state index in [-0.39, 0.29) is 53.2 Å². The largest absolute Gasteiger partial charge is 0.396 e. The second kappa shape index (κ2) is 17.6. The number of hydrogen-bond acceptors (Lipinski definition) is 8. The second-order valence-corrected chi connectivity index (χ2v) is 15.2. The number of ether oxygens (including phenoxy) is 7. The van der Waals surface area contributed by atoms with Crippen molar-refractivity contribution in [3.05, 3.63) is 0 Å². The maximum atomic E-state index is 9.77. The summed E-state index contributed by atoms with van der Waals surface area (Å²) in [5, 5.41) is 9.77. The zero-order chi connectivity index (χ0) is 33.3. The molecule has 270 valence electrons. The highest BCUT2D eigenvalue weighted by Gasteiger charge is 2.45. The summed E-state index contributed by atoms with van der Waals surface area (Å²) in [6.45, 7) is 19.8. The highest BCUT2D eigenvalue weighted by Crippen LogP contribution is 2.42. The molecule has 3 saturated heterocycles. The number of aliphatic hydroxyl groups excluding tert-OH is 1. The van der Waals surface area contributed by atoms with Crippen LogP contribution in [0, 0.1) is 5.92 Å². The first-order chi connectivity index (χ1) is 22.1. The van der Waals surface area contributed by atoms with Crippen LogP contribution in [0.25, 0.3) is 0 Å². The number of rotatable bonds is 29. The molecule has 1 saturated carbocycles. The van der Waals surface area contributed by atoms with Gasteiger partial charge in [-0.3, -0.25) is 0 Å². The summed E-state index contributed by atoms with van der Waals surface area (Å²) in [4.78, 5) is 0.